The summed E-state index contributed by atoms with van der Waals surface area (Å²) in [6, 6.07) is 15.5. The van der Waals surface area contributed by atoms with Gasteiger partial charge in [0.1, 0.15) is 12.4 Å². The lowest BCUT2D eigenvalue weighted by Crippen LogP contribution is -2.23. The number of para-hydroxylation sites is 3. The highest BCUT2D eigenvalue weighted by molar-refractivity contribution is 5.90. The van der Waals surface area contributed by atoms with Gasteiger partial charge in [-0.15, -0.1) is 0 Å². The summed E-state index contributed by atoms with van der Waals surface area (Å²) in [5.41, 5.74) is 1.66. The normalized spacial score (nSPS) is 14.2. The SMILES string of the molecule is O=C(O)C(F)(F)F.O=C(O)C(F)(F)F.c1ccc2c(c1)OCC(c1nc(Nc3cn[nH]c3)c3ccccc3n1)O2. The molecule has 0 amide bonds. The molecule has 5 rings (SSSR count). The van der Waals surface area contributed by atoms with Crippen LogP contribution < -0.4 is 14.8 Å². The van der Waals surface area contributed by atoms with E-state index in [2.05, 4.69) is 20.5 Å². The highest BCUT2D eigenvalue weighted by atomic mass is 19.4. The summed E-state index contributed by atoms with van der Waals surface area (Å²) in [7, 11) is 0. The molecule has 2 aromatic carbocycles. The molecule has 0 aliphatic carbocycles. The molecule has 4 N–H and O–H groups in total. The van der Waals surface area contributed by atoms with Crippen molar-refractivity contribution in [3.05, 3.63) is 66.7 Å². The highest BCUT2D eigenvalue weighted by Crippen LogP contribution is 2.36. The molecule has 40 heavy (non-hydrogen) atoms. The predicted octanol–water partition coefficient (Wildman–Crippen LogP) is 4.88. The number of alkyl halides is 6. The number of carbonyl (C=O) groups is 2. The number of ether oxygens (including phenoxy) is 2. The number of benzene rings is 2. The van der Waals surface area contributed by atoms with Crippen molar-refractivity contribution in [1.29, 1.82) is 0 Å². The van der Waals surface area contributed by atoms with Crippen LogP contribution in [0.5, 0.6) is 11.5 Å². The van der Waals surface area contributed by atoms with Crippen molar-refractivity contribution >= 4 is 34.3 Å². The number of aromatic nitrogens is 4. The minimum absolute atomic E-state index is 0.362. The lowest BCUT2D eigenvalue weighted by Gasteiger charge is -2.25. The molecule has 1 atom stereocenters. The lowest BCUT2D eigenvalue weighted by molar-refractivity contribution is -0.193. The minimum Gasteiger partial charge on any atom is -0.485 e. The summed E-state index contributed by atoms with van der Waals surface area (Å²) in [6.45, 7) is 0.362. The first-order valence-corrected chi connectivity index (χ1v) is 10.8. The van der Waals surface area contributed by atoms with E-state index in [0.717, 1.165) is 22.3 Å². The third-order valence-electron chi connectivity index (χ3n) is 4.66. The molecule has 4 aromatic rings. The van der Waals surface area contributed by atoms with E-state index in [1.54, 1.807) is 12.4 Å². The topological polar surface area (TPSA) is 160 Å². The van der Waals surface area contributed by atoms with Gasteiger partial charge in [-0.1, -0.05) is 24.3 Å². The van der Waals surface area contributed by atoms with Crippen molar-refractivity contribution in [3.8, 4) is 11.5 Å². The van der Waals surface area contributed by atoms with Gasteiger partial charge in [-0.25, -0.2) is 19.6 Å². The first-order valence-electron chi connectivity index (χ1n) is 10.8. The lowest BCUT2D eigenvalue weighted by atomic mass is 10.2. The van der Waals surface area contributed by atoms with Crippen LogP contribution in [-0.2, 0) is 9.59 Å². The van der Waals surface area contributed by atoms with Gasteiger partial charge in [-0.3, -0.25) is 5.10 Å². The van der Waals surface area contributed by atoms with Crippen LogP contribution in [0.25, 0.3) is 10.9 Å². The van der Waals surface area contributed by atoms with Gasteiger partial charge in [0.05, 0.1) is 17.4 Å². The second-order valence-electron chi connectivity index (χ2n) is 7.53. The maximum Gasteiger partial charge on any atom is 0.490 e. The molecule has 1 aliphatic heterocycles. The number of halogens is 6. The Labute approximate surface area is 219 Å². The molecule has 1 aliphatic rings. The zero-order valence-electron chi connectivity index (χ0n) is 19.7. The van der Waals surface area contributed by atoms with E-state index in [-0.39, 0.29) is 6.10 Å². The molecular weight excluding hydrogens is 556 g/mol. The van der Waals surface area contributed by atoms with Crippen LogP contribution in [0.2, 0.25) is 0 Å². The fraction of sp³-hybridized carbons (Fsp3) is 0.174. The summed E-state index contributed by atoms with van der Waals surface area (Å²) in [4.78, 5) is 27.2. The van der Waals surface area contributed by atoms with Crippen molar-refractivity contribution in [2.45, 2.75) is 18.5 Å². The Hall–Kier alpha value is -5.09. The molecule has 2 aromatic heterocycles. The molecule has 212 valence electrons. The Balaban J connectivity index is 0.000000263. The molecule has 0 fully saturated rings. The Morgan fingerprint density at radius 1 is 0.900 bits per heavy atom. The zero-order valence-corrected chi connectivity index (χ0v) is 19.7. The maximum atomic E-state index is 10.6. The Bertz CT molecular complexity index is 1440. The van der Waals surface area contributed by atoms with Crippen molar-refractivity contribution in [3.63, 3.8) is 0 Å². The third-order valence-corrected chi connectivity index (χ3v) is 4.66. The molecule has 11 nitrogen and oxygen atoms in total. The average molecular weight is 573 g/mol. The number of fused-ring (bicyclic) bond motifs is 2. The van der Waals surface area contributed by atoms with Gasteiger partial charge >= 0.3 is 24.3 Å². The molecule has 0 spiro atoms. The number of anilines is 2. The molecule has 0 saturated heterocycles. The molecular formula is C23H17F6N5O6. The summed E-state index contributed by atoms with van der Waals surface area (Å²) >= 11 is 0. The van der Waals surface area contributed by atoms with Gasteiger partial charge in [0.25, 0.3) is 0 Å². The van der Waals surface area contributed by atoms with Gasteiger partial charge in [-0.2, -0.15) is 31.4 Å². The summed E-state index contributed by atoms with van der Waals surface area (Å²) in [6.07, 6.45) is -7.07. The zero-order chi connectivity index (χ0) is 29.5. The number of hydrogen-bond donors (Lipinski definition) is 4. The van der Waals surface area contributed by atoms with Crippen LogP contribution in [0.3, 0.4) is 0 Å². The molecule has 0 saturated carbocycles. The Kier molecular flexibility index (Phi) is 8.97. The third kappa shape index (κ3) is 7.95. The number of carboxylic acids is 2. The Morgan fingerprint density at radius 2 is 1.48 bits per heavy atom. The summed E-state index contributed by atoms with van der Waals surface area (Å²) in [5.74, 6) is -2.80. The number of nitrogens with zero attached hydrogens (tertiary/aromatic N) is 3. The van der Waals surface area contributed by atoms with E-state index in [4.69, 9.17) is 34.3 Å². The second-order valence-corrected chi connectivity index (χ2v) is 7.53. The highest BCUT2D eigenvalue weighted by Gasteiger charge is 2.38. The van der Waals surface area contributed by atoms with E-state index in [1.165, 1.54) is 0 Å². The van der Waals surface area contributed by atoms with Crippen LogP contribution >= 0.6 is 0 Å². The second kappa shape index (κ2) is 12.2. The van der Waals surface area contributed by atoms with E-state index in [0.29, 0.717) is 24.0 Å². The molecule has 1 unspecified atom stereocenters. The van der Waals surface area contributed by atoms with Crippen molar-refractivity contribution < 1.29 is 55.6 Å². The largest absolute Gasteiger partial charge is 0.490 e. The fourth-order valence-electron chi connectivity index (χ4n) is 2.94. The maximum absolute atomic E-state index is 10.6. The van der Waals surface area contributed by atoms with Gasteiger partial charge in [0, 0.05) is 11.6 Å². The van der Waals surface area contributed by atoms with Crippen LogP contribution in [0.4, 0.5) is 37.8 Å². The first kappa shape index (κ1) is 29.5. The number of hydrogen-bond acceptors (Lipinski definition) is 8. The van der Waals surface area contributed by atoms with Crippen molar-refractivity contribution in [2.24, 2.45) is 0 Å². The minimum atomic E-state index is -5.08. The number of carboxylic acid groups (broad SMARTS) is 2. The first-order chi connectivity index (χ1) is 18.8. The quantitative estimate of drug-likeness (QED) is 0.249. The van der Waals surface area contributed by atoms with Crippen molar-refractivity contribution in [2.75, 3.05) is 11.9 Å². The van der Waals surface area contributed by atoms with E-state index >= 15 is 0 Å². The molecule has 17 heteroatoms. The number of nitrogens with one attached hydrogen (secondary N) is 2. The standard InChI is InChI=1S/C19H15N5O2.2C2HF3O2/c1-2-6-14-13(5-1)18(22-12-9-20-21-10-12)24-19(23-14)17-11-25-15-7-3-4-8-16(15)26-17;2*3-2(4,5)1(6)7/h1-10,17H,11H2,(H,20,21)(H,22,23,24);2*(H,6,7). The summed E-state index contributed by atoms with van der Waals surface area (Å²) in [5, 5.41) is 25.2. The number of H-pyrrole nitrogens is 1. The monoisotopic (exact) mass is 573 g/mol. The molecule has 0 radical (unpaired) electrons. The summed E-state index contributed by atoms with van der Waals surface area (Å²) < 4.78 is 75.3. The predicted molar refractivity (Wildman–Crippen MR) is 124 cm³/mol. The van der Waals surface area contributed by atoms with Gasteiger partial charge in [-0.05, 0) is 24.3 Å². The van der Waals surface area contributed by atoms with Crippen LogP contribution in [0.15, 0.2) is 60.9 Å². The molecule has 3 heterocycles. The van der Waals surface area contributed by atoms with Crippen LogP contribution in [0.1, 0.15) is 11.9 Å². The van der Waals surface area contributed by atoms with Crippen molar-refractivity contribution in [1.82, 2.24) is 20.2 Å². The van der Waals surface area contributed by atoms with Crippen LogP contribution in [-0.4, -0.2) is 61.3 Å². The average Bonchev–Trinajstić information content (AvgIpc) is 3.41. The van der Waals surface area contributed by atoms with Gasteiger partial charge < -0.3 is 25.0 Å². The number of aliphatic carboxylic acids is 2. The smallest absolute Gasteiger partial charge is 0.485 e. The fourth-order valence-corrected chi connectivity index (χ4v) is 2.94. The number of aromatic amines is 1. The van der Waals surface area contributed by atoms with E-state index in [1.807, 2.05) is 48.5 Å². The Morgan fingerprint density at radius 3 is 2.05 bits per heavy atom. The van der Waals surface area contributed by atoms with Crippen LogP contribution in [0, 0.1) is 0 Å². The number of rotatable bonds is 3. The van der Waals surface area contributed by atoms with E-state index < -0.39 is 24.3 Å². The molecule has 0 bridgehead atoms. The van der Waals surface area contributed by atoms with Gasteiger partial charge in [0.2, 0.25) is 0 Å². The van der Waals surface area contributed by atoms with Gasteiger partial charge in [0.15, 0.2) is 23.4 Å². The van der Waals surface area contributed by atoms with E-state index in [9.17, 15) is 26.3 Å².